The van der Waals surface area contributed by atoms with Gasteiger partial charge in [0, 0.05) is 13.8 Å². The highest BCUT2D eigenvalue weighted by Crippen LogP contribution is 2.39. The van der Waals surface area contributed by atoms with Crippen molar-refractivity contribution >= 4 is 11.9 Å². The van der Waals surface area contributed by atoms with E-state index in [1.165, 1.54) is 26.5 Å². The van der Waals surface area contributed by atoms with Crippen molar-refractivity contribution in [2.45, 2.75) is 26.7 Å². The number of rotatable bonds is 6. The molecule has 0 saturated carbocycles. The molecule has 0 radical (unpaired) electrons. The van der Waals surface area contributed by atoms with Gasteiger partial charge in [0.2, 0.25) is 5.75 Å². The first-order valence-corrected chi connectivity index (χ1v) is 7.61. The molecule has 5 heteroatoms. The Morgan fingerprint density at radius 1 is 0.833 bits per heavy atom. The topological polar surface area (TPSA) is 61.8 Å². The highest BCUT2D eigenvalue weighted by atomic mass is 16.6. The molecule has 0 aromatic heterocycles. The summed E-state index contributed by atoms with van der Waals surface area (Å²) >= 11 is 0. The van der Waals surface area contributed by atoms with Crippen LogP contribution >= 0.6 is 0 Å². The molecule has 0 spiro atoms. The van der Waals surface area contributed by atoms with Gasteiger partial charge in [-0.15, -0.1) is 0 Å². The van der Waals surface area contributed by atoms with Crippen LogP contribution in [-0.2, 0) is 22.4 Å². The van der Waals surface area contributed by atoms with Gasteiger partial charge in [-0.3, -0.25) is 9.59 Å². The number of benzene rings is 2. The van der Waals surface area contributed by atoms with Crippen LogP contribution in [0.2, 0.25) is 0 Å². The lowest BCUT2D eigenvalue weighted by atomic mass is 10.0. The van der Waals surface area contributed by atoms with Crippen molar-refractivity contribution in [1.82, 2.24) is 0 Å². The zero-order valence-corrected chi connectivity index (χ0v) is 14.0. The average Bonchev–Trinajstić information content (AvgIpc) is 2.54. The largest absolute Gasteiger partial charge is 0.493 e. The molecule has 0 amide bonds. The summed E-state index contributed by atoms with van der Waals surface area (Å²) in [5.74, 6) is -0.361. The Hall–Kier alpha value is -2.82. The monoisotopic (exact) mass is 328 g/mol. The molecule has 2 rings (SSSR count). The molecule has 24 heavy (non-hydrogen) atoms. The van der Waals surface area contributed by atoms with Crippen molar-refractivity contribution in [2.75, 3.05) is 7.11 Å². The van der Waals surface area contributed by atoms with Crippen LogP contribution in [0, 0.1) is 0 Å². The minimum Gasteiger partial charge on any atom is -0.493 e. The Kier molecular flexibility index (Phi) is 5.95. The normalized spacial score (nSPS) is 10.1. The third-order valence-electron chi connectivity index (χ3n) is 3.35. The smallest absolute Gasteiger partial charge is 0.308 e. The van der Waals surface area contributed by atoms with E-state index in [4.69, 9.17) is 14.2 Å². The van der Waals surface area contributed by atoms with Gasteiger partial charge < -0.3 is 14.2 Å². The third-order valence-corrected chi connectivity index (χ3v) is 3.35. The molecule has 2 aromatic rings. The maximum Gasteiger partial charge on any atom is 0.308 e. The highest BCUT2D eigenvalue weighted by Gasteiger charge is 2.18. The molecule has 0 heterocycles. The molecular formula is C19H20O5. The van der Waals surface area contributed by atoms with Gasteiger partial charge in [-0.25, -0.2) is 0 Å². The van der Waals surface area contributed by atoms with E-state index in [0.717, 1.165) is 18.4 Å². The molecule has 5 nitrogen and oxygen atoms in total. The summed E-state index contributed by atoms with van der Waals surface area (Å²) in [5.41, 5.74) is 2.12. The highest BCUT2D eigenvalue weighted by molar-refractivity contribution is 5.75. The maximum atomic E-state index is 11.3. The number of carbonyl (C=O) groups is 2. The number of ether oxygens (including phenoxy) is 3. The van der Waals surface area contributed by atoms with Crippen molar-refractivity contribution in [1.29, 1.82) is 0 Å². The summed E-state index contributed by atoms with van der Waals surface area (Å²) in [6.07, 6.45) is 1.56. The van der Waals surface area contributed by atoms with Gasteiger partial charge in [0.15, 0.2) is 11.5 Å². The van der Waals surface area contributed by atoms with E-state index in [1.807, 2.05) is 18.2 Å². The lowest BCUT2D eigenvalue weighted by Gasteiger charge is -2.14. The van der Waals surface area contributed by atoms with Crippen LogP contribution in [0.1, 0.15) is 25.0 Å². The number of carbonyl (C=O) groups excluding carboxylic acids is 2. The summed E-state index contributed by atoms with van der Waals surface area (Å²) in [7, 11) is 1.47. The summed E-state index contributed by atoms with van der Waals surface area (Å²) in [5, 5.41) is 0. The number of aryl methyl sites for hydroxylation is 2. The van der Waals surface area contributed by atoms with Crippen LogP contribution in [-0.4, -0.2) is 19.0 Å². The molecule has 2 aromatic carbocycles. The average molecular weight is 328 g/mol. The second-order valence-corrected chi connectivity index (χ2v) is 5.30. The van der Waals surface area contributed by atoms with Gasteiger partial charge in [0.25, 0.3) is 0 Å². The van der Waals surface area contributed by atoms with Crippen molar-refractivity contribution in [3.8, 4) is 17.2 Å². The maximum absolute atomic E-state index is 11.3. The Bertz CT molecular complexity index is 722. The lowest BCUT2D eigenvalue weighted by Crippen LogP contribution is -2.09. The van der Waals surface area contributed by atoms with Gasteiger partial charge in [-0.05, 0) is 36.1 Å². The molecule has 0 aliphatic heterocycles. The SMILES string of the molecule is COc1cc(CCc2ccccc2)cc(OC(C)=O)c1OC(C)=O. The summed E-state index contributed by atoms with van der Waals surface area (Å²) in [4.78, 5) is 22.6. The number of esters is 2. The van der Waals surface area contributed by atoms with Gasteiger partial charge in [0.05, 0.1) is 7.11 Å². The van der Waals surface area contributed by atoms with Gasteiger partial charge in [-0.1, -0.05) is 30.3 Å². The summed E-state index contributed by atoms with van der Waals surface area (Å²) < 4.78 is 15.6. The zero-order valence-electron chi connectivity index (χ0n) is 14.0. The fraction of sp³-hybridized carbons (Fsp3) is 0.263. The number of methoxy groups -OCH3 is 1. The van der Waals surface area contributed by atoms with Crippen LogP contribution in [0.4, 0.5) is 0 Å². The number of hydrogen-bond acceptors (Lipinski definition) is 5. The second kappa shape index (κ2) is 8.15. The quantitative estimate of drug-likeness (QED) is 0.601. The van der Waals surface area contributed by atoms with Crippen molar-refractivity contribution in [3.05, 3.63) is 53.6 Å². The molecule has 0 bridgehead atoms. The van der Waals surface area contributed by atoms with Crippen molar-refractivity contribution < 1.29 is 23.8 Å². The standard InChI is InChI=1S/C19H20O5/c1-13(20)23-18-12-16(10-9-15-7-5-4-6-8-15)11-17(22-3)19(18)24-14(2)21/h4-8,11-12H,9-10H2,1-3H3. The Balaban J connectivity index is 2.31. The summed E-state index contributed by atoms with van der Waals surface area (Å²) in [6.45, 7) is 2.57. The predicted octanol–water partition coefficient (Wildman–Crippen LogP) is 3.33. The molecule has 0 saturated heterocycles. The van der Waals surface area contributed by atoms with E-state index in [1.54, 1.807) is 12.1 Å². The minimum absolute atomic E-state index is 0.115. The van der Waals surface area contributed by atoms with Crippen LogP contribution in [0.3, 0.4) is 0 Å². The minimum atomic E-state index is -0.515. The fourth-order valence-corrected chi connectivity index (χ4v) is 2.34. The van der Waals surface area contributed by atoms with Crippen molar-refractivity contribution in [2.24, 2.45) is 0 Å². The van der Waals surface area contributed by atoms with Crippen LogP contribution in [0.5, 0.6) is 17.2 Å². The van der Waals surface area contributed by atoms with E-state index in [9.17, 15) is 9.59 Å². The van der Waals surface area contributed by atoms with E-state index in [0.29, 0.717) is 5.75 Å². The Morgan fingerprint density at radius 3 is 2.00 bits per heavy atom. The molecule has 0 N–H and O–H groups in total. The van der Waals surface area contributed by atoms with Crippen molar-refractivity contribution in [3.63, 3.8) is 0 Å². The van der Waals surface area contributed by atoms with E-state index in [-0.39, 0.29) is 11.5 Å². The zero-order chi connectivity index (χ0) is 17.5. The molecule has 0 atom stereocenters. The first kappa shape index (κ1) is 17.5. The molecule has 0 unspecified atom stereocenters. The van der Waals surface area contributed by atoms with E-state index in [2.05, 4.69) is 12.1 Å². The third kappa shape index (κ3) is 4.84. The van der Waals surface area contributed by atoms with Crippen LogP contribution < -0.4 is 14.2 Å². The molecule has 0 fully saturated rings. The Labute approximate surface area is 141 Å². The van der Waals surface area contributed by atoms with Crippen LogP contribution in [0.15, 0.2) is 42.5 Å². The summed E-state index contributed by atoms with van der Waals surface area (Å²) in [6, 6.07) is 13.5. The molecule has 0 aliphatic carbocycles. The van der Waals surface area contributed by atoms with E-state index >= 15 is 0 Å². The first-order chi connectivity index (χ1) is 11.5. The second-order valence-electron chi connectivity index (χ2n) is 5.30. The fourth-order valence-electron chi connectivity index (χ4n) is 2.34. The van der Waals surface area contributed by atoms with Crippen LogP contribution in [0.25, 0.3) is 0 Å². The van der Waals surface area contributed by atoms with Gasteiger partial charge in [0.1, 0.15) is 0 Å². The first-order valence-electron chi connectivity index (χ1n) is 7.61. The number of hydrogen-bond donors (Lipinski definition) is 0. The Morgan fingerprint density at radius 2 is 1.42 bits per heavy atom. The van der Waals surface area contributed by atoms with Gasteiger partial charge >= 0.3 is 11.9 Å². The van der Waals surface area contributed by atoms with Gasteiger partial charge in [-0.2, -0.15) is 0 Å². The molecular weight excluding hydrogens is 308 g/mol. The lowest BCUT2D eigenvalue weighted by molar-refractivity contribution is -0.134. The van der Waals surface area contributed by atoms with E-state index < -0.39 is 11.9 Å². The molecule has 126 valence electrons. The molecule has 0 aliphatic rings. The predicted molar refractivity (Wildman–Crippen MR) is 89.5 cm³/mol.